The SMILES string of the molecule is CCN(c1cc(OC2CC(N3CCC(C)CC3)C2)cc(C(=O)NCc2c(C)cc(C)[nH]c2=O)c1Cl)C1CCC(F)(F)CC1. The molecule has 0 bridgehead atoms. The summed E-state index contributed by atoms with van der Waals surface area (Å²) in [6.07, 6.45) is 4.71. The molecule has 1 aromatic carbocycles. The largest absolute Gasteiger partial charge is 0.490 e. The quantitative estimate of drug-likeness (QED) is 0.330. The van der Waals surface area contributed by atoms with Gasteiger partial charge in [0, 0.05) is 68.2 Å². The summed E-state index contributed by atoms with van der Waals surface area (Å²) in [6, 6.07) is 5.80. The molecule has 0 spiro atoms. The van der Waals surface area contributed by atoms with Crippen molar-refractivity contribution in [3.05, 3.63) is 56.0 Å². The van der Waals surface area contributed by atoms with Crippen LogP contribution in [0.3, 0.4) is 0 Å². The summed E-state index contributed by atoms with van der Waals surface area (Å²) in [7, 11) is 0. The number of carbonyl (C=O) groups excluding carboxylic acids is 1. The Hall–Kier alpha value is -2.65. The summed E-state index contributed by atoms with van der Waals surface area (Å²) >= 11 is 6.93. The lowest BCUT2D eigenvalue weighted by atomic mass is 9.85. The number of alkyl halides is 2. The van der Waals surface area contributed by atoms with Crippen LogP contribution in [0.1, 0.15) is 92.4 Å². The highest BCUT2D eigenvalue weighted by Crippen LogP contribution is 2.42. The van der Waals surface area contributed by atoms with Gasteiger partial charge in [-0.2, -0.15) is 0 Å². The number of pyridine rings is 1. The Morgan fingerprint density at radius 2 is 1.81 bits per heavy atom. The van der Waals surface area contributed by atoms with Gasteiger partial charge in [0.2, 0.25) is 5.92 Å². The van der Waals surface area contributed by atoms with E-state index in [0.29, 0.717) is 42.4 Å². The lowest BCUT2D eigenvalue weighted by molar-refractivity contribution is -0.0380. The highest BCUT2D eigenvalue weighted by atomic mass is 35.5. The monoisotopic (exact) mass is 618 g/mol. The first kappa shape index (κ1) is 31.8. The molecular weight excluding hydrogens is 574 g/mol. The molecule has 2 heterocycles. The predicted octanol–water partition coefficient (Wildman–Crippen LogP) is 6.62. The second kappa shape index (κ2) is 13.1. The predicted molar refractivity (Wildman–Crippen MR) is 167 cm³/mol. The molecule has 3 fully saturated rings. The number of piperidine rings is 1. The summed E-state index contributed by atoms with van der Waals surface area (Å²) in [5.41, 5.74) is 2.65. The third-order valence-corrected chi connectivity index (χ3v) is 10.1. The van der Waals surface area contributed by atoms with E-state index in [1.165, 1.54) is 12.8 Å². The maximum Gasteiger partial charge on any atom is 0.253 e. The maximum absolute atomic E-state index is 14.0. The van der Waals surface area contributed by atoms with Crippen LogP contribution in [0.4, 0.5) is 14.5 Å². The molecule has 1 amide bonds. The zero-order chi connectivity index (χ0) is 30.9. The van der Waals surface area contributed by atoms with Gasteiger partial charge in [-0.25, -0.2) is 8.78 Å². The third kappa shape index (κ3) is 7.36. The highest BCUT2D eigenvalue weighted by Gasteiger charge is 2.39. The van der Waals surface area contributed by atoms with Crippen LogP contribution in [0.25, 0.3) is 0 Å². The third-order valence-electron chi connectivity index (χ3n) is 9.68. The molecule has 5 rings (SSSR count). The molecule has 1 aromatic heterocycles. The fourth-order valence-corrected chi connectivity index (χ4v) is 7.17. The van der Waals surface area contributed by atoms with Crippen LogP contribution in [0, 0.1) is 19.8 Å². The van der Waals surface area contributed by atoms with Gasteiger partial charge in [-0.1, -0.05) is 18.5 Å². The van der Waals surface area contributed by atoms with Crippen molar-refractivity contribution in [2.75, 3.05) is 24.5 Å². The highest BCUT2D eigenvalue weighted by molar-refractivity contribution is 6.36. The number of H-pyrrole nitrogens is 1. The van der Waals surface area contributed by atoms with Crippen molar-refractivity contribution < 1.29 is 18.3 Å². The molecule has 2 saturated carbocycles. The Morgan fingerprint density at radius 1 is 1.14 bits per heavy atom. The van der Waals surface area contributed by atoms with Crippen LogP contribution >= 0.6 is 11.6 Å². The summed E-state index contributed by atoms with van der Waals surface area (Å²) < 4.78 is 34.4. The molecule has 0 atom stereocenters. The number of ether oxygens (including phenoxy) is 1. The van der Waals surface area contributed by atoms with E-state index >= 15 is 0 Å². The van der Waals surface area contributed by atoms with Crippen LogP contribution in [0.2, 0.25) is 5.02 Å². The summed E-state index contributed by atoms with van der Waals surface area (Å²) in [5.74, 6) is -1.74. The van der Waals surface area contributed by atoms with E-state index in [4.69, 9.17) is 16.3 Å². The summed E-state index contributed by atoms with van der Waals surface area (Å²) in [4.78, 5) is 33.5. The smallest absolute Gasteiger partial charge is 0.253 e. The molecule has 3 aliphatic rings. The second-order valence-corrected chi connectivity index (χ2v) is 13.3. The van der Waals surface area contributed by atoms with Crippen LogP contribution in [0.15, 0.2) is 23.0 Å². The standard InChI is InChI=1S/C33H45ClF2N4O3/c1-5-40(23-6-10-33(35,36)11-7-23)29-18-26(43-25-15-24(16-25)39-12-8-20(2)9-13-39)17-27(30(29)34)31(41)37-19-28-21(3)14-22(4)38-32(28)42/h14,17-18,20,23-25H,5-13,15-16,19H2,1-4H3,(H,37,41)(H,38,42). The lowest BCUT2D eigenvalue weighted by Crippen LogP contribution is -2.51. The van der Waals surface area contributed by atoms with E-state index in [9.17, 15) is 18.4 Å². The minimum absolute atomic E-state index is 0.0338. The van der Waals surface area contributed by atoms with Crippen LogP contribution in [-0.2, 0) is 6.54 Å². The van der Waals surface area contributed by atoms with Gasteiger partial charge >= 0.3 is 0 Å². The second-order valence-electron chi connectivity index (χ2n) is 12.9. The number of likely N-dealkylation sites (tertiary alicyclic amines) is 1. The first-order valence-electron chi connectivity index (χ1n) is 15.8. The Kier molecular flexibility index (Phi) is 9.71. The van der Waals surface area contributed by atoms with Crippen molar-refractivity contribution in [1.29, 1.82) is 0 Å². The number of aromatic amines is 1. The van der Waals surface area contributed by atoms with E-state index in [2.05, 4.69) is 22.1 Å². The minimum atomic E-state index is -2.64. The molecule has 2 aromatic rings. The molecule has 10 heteroatoms. The van der Waals surface area contributed by atoms with Crippen molar-refractivity contribution in [3.8, 4) is 5.75 Å². The van der Waals surface area contributed by atoms with Gasteiger partial charge in [-0.3, -0.25) is 9.59 Å². The molecule has 1 aliphatic heterocycles. The number of halogens is 3. The first-order valence-corrected chi connectivity index (χ1v) is 16.2. The number of benzene rings is 1. The van der Waals surface area contributed by atoms with Crippen LogP contribution in [0.5, 0.6) is 5.75 Å². The number of rotatable bonds is 9. The van der Waals surface area contributed by atoms with Crippen molar-refractivity contribution in [2.45, 2.75) is 110 Å². The van der Waals surface area contributed by atoms with Gasteiger partial charge in [0.05, 0.1) is 16.3 Å². The number of hydrogen-bond donors (Lipinski definition) is 2. The maximum atomic E-state index is 14.0. The van der Waals surface area contributed by atoms with E-state index in [0.717, 1.165) is 43.1 Å². The number of carbonyl (C=O) groups is 1. The number of amides is 1. The van der Waals surface area contributed by atoms with E-state index in [1.54, 1.807) is 6.07 Å². The van der Waals surface area contributed by atoms with Gasteiger partial charge in [0.25, 0.3) is 11.5 Å². The zero-order valence-corrected chi connectivity index (χ0v) is 26.5. The fraction of sp³-hybridized carbons (Fsp3) is 0.636. The van der Waals surface area contributed by atoms with Gasteiger partial charge in [0.1, 0.15) is 11.9 Å². The zero-order valence-electron chi connectivity index (χ0n) is 25.8. The van der Waals surface area contributed by atoms with Crippen LogP contribution < -0.4 is 20.5 Å². The summed E-state index contributed by atoms with van der Waals surface area (Å²) in [5, 5.41) is 3.13. The average molecular weight is 619 g/mol. The first-order chi connectivity index (χ1) is 20.4. The number of nitrogens with zero attached hydrogens (tertiary/aromatic N) is 2. The Bertz CT molecular complexity index is 1360. The number of hydrogen-bond acceptors (Lipinski definition) is 5. The molecule has 2 aliphatic carbocycles. The van der Waals surface area contributed by atoms with Crippen molar-refractivity contribution in [3.63, 3.8) is 0 Å². The normalized spacial score (nSPS) is 23.0. The van der Waals surface area contributed by atoms with E-state index in [-0.39, 0.29) is 47.7 Å². The number of aromatic nitrogens is 1. The molecule has 0 unspecified atom stereocenters. The van der Waals surface area contributed by atoms with Crippen molar-refractivity contribution in [1.82, 2.24) is 15.2 Å². The molecule has 236 valence electrons. The molecule has 2 N–H and O–H groups in total. The van der Waals surface area contributed by atoms with Gasteiger partial charge < -0.3 is 24.8 Å². The molecule has 43 heavy (non-hydrogen) atoms. The Morgan fingerprint density at radius 3 is 2.44 bits per heavy atom. The molecule has 1 saturated heterocycles. The van der Waals surface area contributed by atoms with E-state index < -0.39 is 11.8 Å². The van der Waals surface area contributed by atoms with Crippen molar-refractivity contribution in [2.24, 2.45) is 5.92 Å². The molecule has 0 radical (unpaired) electrons. The van der Waals surface area contributed by atoms with Gasteiger partial charge in [-0.15, -0.1) is 0 Å². The Labute approximate surface area is 258 Å². The number of anilines is 1. The Balaban J connectivity index is 1.37. The van der Waals surface area contributed by atoms with E-state index in [1.807, 2.05) is 37.8 Å². The van der Waals surface area contributed by atoms with Crippen LogP contribution in [-0.4, -0.2) is 59.5 Å². The fourth-order valence-electron chi connectivity index (χ4n) is 6.87. The molecular formula is C33H45ClF2N4O3. The summed E-state index contributed by atoms with van der Waals surface area (Å²) in [6.45, 7) is 10.8. The number of nitrogens with one attached hydrogen (secondary N) is 2. The minimum Gasteiger partial charge on any atom is -0.490 e. The van der Waals surface area contributed by atoms with Gasteiger partial charge in [-0.05, 0) is 83.2 Å². The number of aryl methyl sites for hydroxylation is 2. The topological polar surface area (TPSA) is 77.7 Å². The van der Waals surface area contributed by atoms with Gasteiger partial charge in [0.15, 0.2) is 0 Å². The molecule has 7 nitrogen and oxygen atoms in total. The lowest BCUT2D eigenvalue weighted by Gasteiger charge is -2.45. The van der Waals surface area contributed by atoms with Crippen molar-refractivity contribution >= 4 is 23.2 Å². The average Bonchev–Trinajstić information content (AvgIpc) is 2.93.